The van der Waals surface area contributed by atoms with Gasteiger partial charge in [0.05, 0.1) is 0 Å². The van der Waals surface area contributed by atoms with Gasteiger partial charge in [0.1, 0.15) is 6.04 Å². The van der Waals surface area contributed by atoms with E-state index in [2.05, 4.69) is 62.6 Å². The minimum absolute atomic E-state index is 0.0604. The Kier molecular flexibility index (Phi) is 7.76. The summed E-state index contributed by atoms with van der Waals surface area (Å²) in [4.78, 5) is 23.9. The molecule has 0 spiro atoms. The van der Waals surface area contributed by atoms with E-state index >= 15 is 0 Å². The van der Waals surface area contributed by atoms with E-state index in [0.29, 0.717) is 5.92 Å². The van der Waals surface area contributed by atoms with Gasteiger partial charge >= 0.3 is 6.03 Å². The average molecular weight is 382 g/mol. The van der Waals surface area contributed by atoms with Crippen molar-refractivity contribution >= 4 is 11.9 Å². The Labute approximate surface area is 167 Å². The van der Waals surface area contributed by atoms with Gasteiger partial charge in [0.2, 0.25) is 5.91 Å². The van der Waals surface area contributed by atoms with E-state index < -0.39 is 18.0 Å². The van der Waals surface area contributed by atoms with E-state index in [1.54, 1.807) is 0 Å². The second-order valence-corrected chi connectivity index (χ2v) is 7.56. The van der Waals surface area contributed by atoms with E-state index in [4.69, 9.17) is 5.73 Å². The molecule has 0 bridgehead atoms. The van der Waals surface area contributed by atoms with Crippen LogP contribution in [0.1, 0.15) is 68.8 Å². The fourth-order valence-electron chi connectivity index (χ4n) is 3.28. The van der Waals surface area contributed by atoms with Crippen molar-refractivity contribution in [3.05, 3.63) is 71.3 Å². The summed E-state index contributed by atoms with van der Waals surface area (Å²) in [5, 5.41) is 5.64. The van der Waals surface area contributed by atoms with E-state index in [-0.39, 0.29) is 12.0 Å². The number of urea groups is 1. The van der Waals surface area contributed by atoms with Crippen LogP contribution in [0.2, 0.25) is 0 Å². The summed E-state index contributed by atoms with van der Waals surface area (Å²) in [7, 11) is 0. The molecule has 0 saturated heterocycles. The van der Waals surface area contributed by atoms with Gasteiger partial charge in [0.25, 0.3) is 0 Å². The lowest BCUT2D eigenvalue weighted by molar-refractivity contribution is -0.122. The first kappa shape index (κ1) is 21.6. The Morgan fingerprint density at radius 2 is 1.46 bits per heavy atom. The largest absolute Gasteiger partial charge is 0.351 e. The zero-order valence-electron chi connectivity index (χ0n) is 17.1. The summed E-state index contributed by atoms with van der Waals surface area (Å²) in [6.07, 6.45) is 1.09. The van der Waals surface area contributed by atoms with Crippen LogP contribution in [0.5, 0.6) is 0 Å². The summed E-state index contributed by atoms with van der Waals surface area (Å²) < 4.78 is 0. The van der Waals surface area contributed by atoms with E-state index in [0.717, 1.165) is 17.5 Å². The fraction of sp³-hybridized carbons (Fsp3) is 0.391. The van der Waals surface area contributed by atoms with E-state index in [1.165, 1.54) is 5.56 Å². The normalized spacial score (nSPS) is 14.3. The highest BCUT2D eigenvalue weighted by atomic mass is 16.2. The number of rotatable bonds is 8. The minimum Gasteiger partial charge on any atom is -0.351 e. The molecule has 0 heterocycles. The standard InChI is InChI=1S/C23H31N3O2/c1-5-16(4)17-11-13-19(14-12-17)20(15(2)3)25-21(22(27)26-23(24)28)18-9-7-6-8-10-18/h6-16,20-21,25H,5H2,1-4H3,(H3,24,26,27,28)/t16-,20-,21+/m1/s1. The molecule has 150 valence electrons. The SMILES string of the molecule is CC[C@@H](C)c1ccc([C@H](N[C@H](C(=O)NC(N)=O)c2ccccc2)C(C)C)cc1. The lowest BCUT2D eigenvalue weighted by atomic mass is 9.91. The lowest BCUT2D eigenvalue weighted by Gasteiger charge is -2.28. The van der Waals surface area contributed by atoms with Crippen molar-refractivity contribution in [2.24, 2.45) is 11.7 Å². The molecule has 2 aromatic rings. The summed E-state index contributed by atoms with van der Waals surface area (Å²) in [5.74, 6) is 0.292. The summed E-state index contributed by atoms with van der Waals surface area (Å²) in [6.45, 7) is 8.61. The number of benzene rings is 2. The molecule has 28 heavy (non-hydrogen) atoms. The highest BCUT2D eigenvalue weighted by Gasteiger charge is 2.27. The first-order chi connectivity index (χ1) is 13.3. The second-order valence-electron chi connectivity index (χ2n) is 7.56. The summed E-state index contributed by atoms with van der Waals surface area (Å²) in [6, 6.07) is 16.3. The average Bonchev–Trinajstić information content (AvgIpc) is 2.68. The maximum atomic E-state index is 12.7. The van der Waals surface area contributed by atoms with Crippen LogP contribution in [0.25, 0.3) is 0 Å². The Bertz CT molecular complexity index is 772. The van der Waals surface area contributed by atoms with Crippen molar-refractivity contribution in [1.82, 2.24) is 10.6 Å². The second kappa shape index (κ2) is 10.0. The van der Waals surface area contributed by atoms with Gasteiger partial charge in [-0.05, 0) is 34.9 Å². The van der Waals surface area contributed by atoms with Crippen LogP contribution >= 0.6 is 0 Å². The van der Waals surface area contributed by atoms with Crippen molar-refractivity contribution < 1.29 is 9.59 Å². The van der Waals surface area contributed by atoms with E-state index in [1.807, 2.05) is 30.3 Å². The van der Waals surface area contributed by atoms with Crippen LogP contribution in [0.3, 0.4) is 0 Å². The van der Waals surface area contributed by atoms with Crippen LogP contribution in [0.4, 0.5) is 4.79 Å². The highest BCUT2D eigenvalue weighted by molar-refractivity contribution is 5.96. The Hall–Kier alpha value is -2.66. The molecule has 0 fully saturated rings. The molecule has 0 radical (unpaired) electrons. The number of imide groups is 1. The number of nitrogens with one attached hydrogen (secondary N) is 2. The molecule has 2 aromatic carbocycles. The first-order valence-electron chi connectivity index (χ1n) is 9.84. The maximum absolute atomic E-state index is 12.7. The van der Waals surface area contributed by atoms with Crippen LogP contribution in [0.15, 0.2) is 54.6 Å². The number of nitrogens with two attached hydrogens (primary N) is 1. The third-order valence-electron chi connectivity index (χ3n) is 5.13. The zero-order valence-corrected chi connectivity index (χ0v) is 17.1. The van der Waals surface area contributed by atoms with E-state index in [9.17, 15) is 9.59 Å². The molecular weight excluding hydrogens is 350 g/mol. The topological polar surface area (TPSA) is 84.2 Å². The number of amides is 3. The molecule has 4 N–H and O–H groups in total. The number of carbonyl (C=O) groups is 2. The fourth-order valence-corrected chi connectivity index (χ4v) is 3.28. The quantitative estimate of drug-likeness (QED) is 0.633. The minimum atomic E-state index is -0.855. The molecule has 0 aliphatic heterocycles. The van der Waals surface area contributed by atoms with Crippen LogP contribution in [-0.2, 0) is 4.79 Å². The highest BCUT2D eigenvalue weighted by Crippen LogP contribution is 2.28. The lowest BCUT2D eigenvalue weighted by Crippen LogP contribution is -2.44. The molecule has 0 aromatic heterocycles. The van der Waals surface area contributed by atoms with Gasteiger partial charge in [0.15, 0.2) is 0 Å². The van der Waals surface area contributed by atoms with Crippen molar-refractivity contribution in [2.75, 3.05) is 0 Å². The molecule has 0 aliphatic rings. The smallest absolute Gasteiger partial charge is 0.318 e. The van der Waals surface area contributed by atoms with Crippen molar-refractivity contribution in [3.8, 4) is 0 Å². The summed E-state index contributed by atoms with van der Waals surface area (Å²) in [5.41, 5.74) is 8.36. The van der Waals surface area contributed by atoms with Gasteiger partial charge in [-0.15, -0.1) is 0 Å². The van der Waals surface area contributed by atoms with Gasteiger partial charge in [0, 0.05) is 6.04 Å². The molecular formula is C23H31N3O2. The molecule has 0 aliphatic carbocycles. The molecule has 0 unspecified atom stereocenters. The maximum Gasteiger partial charge on any atom is 0.318 e. The Morgan fingerprint density at radius 3 is 1.96 bits per heavy atom. The number of hydrogen-bond donors (Lipinski definition) is 3. The molecule has 5 nitrogen and oxygen atoms in total. The zero-order chi connectivity index (χ0) is 20.7. The summed E-state index contributed by atoms with van der Waals surface area (Å²) >= 11 is 0. The van der Waals surface area contributed by atoms with Crippen LogP contribution < -0.4 is 16.4 Å². The number of carbonyl (C=O) groups excluding carboxylic acids is 2. The monoisotopic (exact) mass is 381 g/mol. The van der Waals surface area contributed by atoms with Crippen LogP contribution in [-0.4, -0.2) is 11.9 Å². The number of primary amides is 1. The third kappa shape index (κ3) is 5.67. The molecule has 5 heteroatoms. The van der Waals surface area contributed by atoms with Gasteiger partial charge in [-0.25, -0.2) is 4.79 Å². The molecule has 3 amide bonds. The molecule has 3 atom stereocenters. The van der Waals surface area contributed by atoms with Gasteiger partial charge in [-0.3, -0.25) is 15.4 Å². The van der Waals surface area contributed by atoms with Gasteiger partial charge in [-0.2, -0.15) is 0 Å². The van der Waals surface area contributed by atoms with Gasteiger partial charge in [-0.1, -0.05) is 82.3 Å². The number of hydrogen-bond acceptors (Lipinski definition) is 3. The van der Waals surface area contributed by atoms with Crippen molar-refractivity contribution in [2.45, 2.75) is 52.1 Å². The predicted octanol–water partition coefficient (Wildman–Crippen LogP) is 4.42. The Balaban J connectivity index is 2.32. The third-order valence-corrected chi connectivity index (χ3v) is 5.13. The van der Waals surface area contributed by atoms with Crippen molar-refractivity contribution in [3.63, 3.8) is 0 Å². The molecule has 0 saturated carbocycles. The Morgan fingerprint density at radius 1 is 0.893 bits per heavy atom. The predicted molar refractivity (Wildman–Crippen MR) is 113 cm³/mol. The van der Waals surface area contributed by atoms with Gasteiger partial charge < -0.3 is 5.73 Å². The van der Waals surface area contributed by atoms with Crippen molar-refractivity contribution in [1.29, 1.82) is 0 Å². The molecule has 2 rings (SSSR count). The van der Waals surface area contributed by atoms with Crippen LogP contribution in [0, 0.1) is 5.92 Å². The first-order valence-corrected chi connectivity index (χ1v) is 9.84.